The van der Waals surface area contributed by atoms with Crippen LogP contribution in [0.3, 0.4) is 0 Å². The first kappa shape index (κ1) is 9.06. The number of anilines is 1. The van der Waals surface area contributed by atoms with Crippen molar-refractivity contribution < 1.29 is 5.32 Å². The average molecular weight is 215 g/mol. The van der Waals surface area contributed by atoms with Gasteiger partial charge in [0, 0.05) is 18.5 Å². The van der Waals surface area contributed by atoms with Crippen LogP contribution in [0.2, 0.25) is 0 Å². The topological polar surface area (TPSA) is 28.6 Å². The second-order valence-corrected chi connectivity index (χ2v) is 5.67. The number of para-hydroxylation sites is 1. The van der Waals surface area contributed by atoms with Gasteiger partial charge in [0.15, 0.2) is 5.66 Å². The van der Waals surface area contributed by atoms with E-state index in [0.29, 0.717) is 11.1 Å². The monoisotopic (exact) mass is 215 g/mol. The lowest BCUT2D eigenvalue weighted by molar-refractivity contribution is -0.707. The molecule has 2 heterocycles. The molecule has 0 aromatic heterocycles. The van der Waals surface area contributed by atoms with Crippen molar-refractivity contribution in [2.45, 2.75) is 43.2 Å². The van der Waals surface area contributed by atoms with E-state index < -0.39 is 0 Å². The summed E-state index contributed by atoms with van der Waals surface area (Å²) < 4.78 is 0. The van der Waals surface area contributed by atoms with Crippen LogP contribution in [0.15, 0.2) is 24.3 Å². The minimum atomic E-state index is 0.314. The molecule has 1 aromatic rings. The molecular formula is C14H19N2+. The Morgan fingerprint density at radius 1 is 1.06 bits per heavy atom. The predicted molar refractivity (Wildman–Crippen MR) is 64.4 cm³/mol. The summed E-state index contributed by atoms with van der Waals surface area (Å²) in [4.78, 5) is 0. The third-order valence-electron chi connectivity index (χ3n) is 5.14. The SMILES string of the molecule is c1ccc2c(c1)N[C@]13CCCC[C@@]21CC[NH2+]3. The second kappa shape index (κ2) is 2.80. The normalized spacial score (nSPS) is 39.8. The summed E-state index contributed by atoms with van der Waals surface area (Å²) in [5, 5.41) is 6.42. The minimum Gasteiger partial charge on any atom is -0.333 e. The van der Waals surface area contributed by atoms with Gasteiger partial charge in [0.1, 0.15) is 0 Å². The van der Waals surface area contributed by atoms with Gasteiger partial charge in [-0.3, -0.25) is 0 Å². The third-order valence-corrected chi connectivity index (χ3v) is 5.14. The number of nitrogens with one attached hydrogen (secondary N) is 1. The van der Waals surface area contributed by atoms with Crippen molar-refractivity contribution >= 4 is 5.69 Å². The maximum atomic E-state index is 3.85. The van der Waals surface area contributed by atoms with Crippen LogP contribution in [0.4, 0.5) is 5.69 Å². The first-order valence-electron chi connectivity index (χ1n) is 6.58. The lowest BCUT2D eigenvalue weighted by atomic mass is 9.65. The zero-order chi connectivity index (χ0) is 10.6. The summed E-state index contributed by atoms with van der Waals surface area (Å²) >= 11 is 0. The molecule has 2 fully saturated rings. The maximum Gasteiger partial charge on any atom is 0.179 e. The van der Waals surface area contributed by atoms with Gasteiger partial charge in [0.05, 0.1) is 12.0 Å². The number of quaternary nitrogens is 1. The minimum absolute atomic E-state index is 0.314. The third kappa shape index (κ3) is 0.844. The molecule has 0 radical (unpaired) electrons. The summed E-state index contributed by atoms with van der Waals surface area (Å²) in [5.41, 5.74) is 3.76. The number of rotatable bonds is 0. The molecule has 2 atom stereocenters. The molecule has 1 aromatic carbocycles. The van der Waals surface area contributed by atoms with Crippen molar-refractivity contribution in [1.82, 2.24) is 0 Å². The zero-order valence-electron chi connectivity index (χ0n) is 9.63. The van der Waals surface area contributed by atoms with Crippen LogP contribution in [-0.2, 0) is 5.41 Å². The van der Waals surface area contributed by atoms with Crippen LogP contribution < -0.4 is 10.6 Å². The lowest BCUT2D eigenvalue weighted by Gasteiger charge is -2.41. The summed E-state index contributed by atoms with van der Waals surface area (Å²) in [5.74, 6) is 0. The Kier molecular flexibility index (Phi) is 1.59. The van der Waals surface area contributed by atoms with Gasteiger partial charge >= 0.3 is 0 Å². The maximum absolute atomic E-state index is 3.85. The van der Waals surface area contributed by atoms with Crippen molar-refractivity contribution in [2.24, 2.45) is 0 Å². The molecule has 84 valence electrons. The Balaban J connectivity index is 1.95. The van der Waals surface area contributed by atoms with Crippen molar-refractivity contribution in [2.75, 3.05) is 11.9 Å². The smallest absolute Gasteiger partial charge is 0.179 e. The fourth-order valence-electron chi connectivity index (χ4n) is 4.50. The number of hydrogen-bond donors (Lipinski definition) is 2. The molecule has 2 heteroatoms. The Morgan fingerprint density at radius 3 is 2.94 bits per heavy atom. The van der Waals surface area contributed by atoms with Gasteiger partial charge < -0.3 is 10.6 Å². The van der Waals surface area contributed by atoms with E-state index >= 15 is 0 Å². The molecule has 0 unspecified atom stereocenters. The van der Waals surface area contributed by atoms with E-state index in [1.165, 1.54) is 44.3 Å². The average Bonchev–Trinajstić information content (AvgIpc) is 2.80. The molecule has 2 nitrogen and oxygen atoms in total. The summed E-state index contributed by atoms with van der Waals surface area (Å²) in [6.45, 7) is 1.29. The summed E-state index contributed by atoms with van der Waals surface area (Å²) in [6, 6.07) is 8.98. The van der Waals surface area contributed by atoms with Crippen molar-refractivity contribution in [1.29, 1.82) is 0 Å². The molecule has 4 rings (SSSR count). The molecular weight excluding hydrogens is 196 g/mol. The zero-order valence-corrected chi connectivity index (χ0v) is 9.63. The van der Waals surface area contributed by atoms with Gasteiger partial charge in [-0.2, -0.15) is 0 Å². The van der Waals surface area contributed by atoms with Crippen LogP contribution in [0, 0.1) is 0 Å². The van der Waals surface area contributed by atoms with E-state index in [4.69, 9.17) is 0 Å². The number of nitrogens with two attached hydrogens (primary N) is 1. The fourth-order valence-corrected chi connectivity index (χ4v) is 4.50. The van der Waals surface area contributed by atoms with Crippen LogP contribution in [0.1, 0.15) is 37.7 Å². The van der Waals surface area contributed by atoms with Crippen LogP contribution in [0.25, 0.3) is 0 Å². The first-order chi connectivity index (χ1) is 7.86. The molecule has 0 spiro atoms. The second-order valence-electron chi connectivity index (χ2n) is 5.67. The number of fused-ring (bicyclic) bond motifs is 1. The van der Waals surface area contributed by atoms with Gasteiger partial charge in [-0.15, -0.1) is 0 Å². The van der Waals surface area contributed by atoms with Gasteiger partial charge in [-0.25, -0.2) is 0 Å². The highest BCUT2D eigenvalue weighted by molar-refractivity contribution is 5.64. The standard InChI is InChI=1S/C14H18N2/c1-2-6-12-11(5-1)13-7-3-4-8-14(13,16-12)15-10-9-13/h1-2,5-6,15-16H,3-4,7-10H2/p+1/t13-,14-/m1/s1. The van der Waals surface area contributed by atoms with E-state index in [1.807, 2.05) is 0 Å². The summed E-state index contributed by atoms with van der Waals surface area (Å²) in [6.07, 6.45) is 6.87. The van der Waals surface area contributed by atoms with E-state index in [9.17, 15) is 0 Å². The molecule has 0 amide bonds. The van der Waals surface area contributed by atoms with Crippen LogP contribution >= 0.6 is 0 Å². The van der Waals surface area contributed by atoms with Crippen LogP contribution in [-0.4, -0.2) is 12.2 Å². The quantitative estimate of drug-likeness (QED) is 0.676. The molecule has 1 saturated carbocycles. The van der Waals surface area contributed by atoms with Crippen molar-refractivity contribution in [3.63, 3.8) is 0 Å². The van der Waals surface area contributed by atoms with Crippen LogP contribution in [0.5, 0.6) is 0 Å². The molecule has 0 bridgehead atoms. The van der Waals surface area contributed by atoms with Gasteiger partial charge in [-0.05, 0) is 24.5 Å². The van der Waals surface area contributed by atoms with Gasteiger partial charge in [0.25, 0.3) is 0 Å². The fraction of sp³-hybridized carbons (Fsp3) is 0.571. The Bertz CT molecular complexity index is 442. The van der Waals surface area contributed by atoms with E-state index in [0.717, 1.165) is 0 Å². The largest absolute Gasteiger partial charge is 0.333 e. The highest BCUT2D eigenvalue weighted by Crippen LogP contribution is 2.55. The Labute approximate surface area is 96.4 Å². The van der Waals surface area contributed by atoms with E-state index in [1.54, 1.807) is 5.56 Å². The van der Waals surface area contributed by atoms with Gasteiger partial charge in [-0.1, -0.05) is 24.6 Å². The molecule has 2 aliphatic heterocycles. The summed E-state index contributed by atoms with van der Waals surface area (Å²) in [7, 11) is 0. The van der Waals surface area contributed by atoms with Crippen molar-refractivity contribution in [3.05, 3.63) is 29.8 Å². The number of hydrogen-bond acceptors (Lipinski definition) is 1. The molecule has 16 heavy (non-hydrogen) atoms. The Morgan fingerprint density at radius 2 is 1.94 bits per heavy atom. The Hall–Kier alpha value is -1.02. The first-order valence-corrected chi connectivity index (χ1v) is 6.58. The highest BCUT2D eigenvalue weighted by atomic mass is 15.3. The van der Waals surface area contributed by atoms with E-state index in [2.05, 4.69) is 34.9 Å². The predicted octanol–water partition coefficient (Wildman–Crippen LogP) is 1.59. The van der Waals surface area contributed by atoms with Gasteiger partial charge in [0.2, 0.25) is 0 Å². The number of benzene rings is 1. The molecule has 1 saturated heterocycles. The highest BCUT2D eigenvalue weighted by Gasteiger charge is 2.64. The molecule has 1 aliphatic carbocycles. The lowest BCUT2D eigenvalue weighted by Crippen LogP contribution is -2.98. The van der Waals surface area contributed by atoms with Crippen molar-refractivity contribution in [3.8, 4) is 0 Å². The van der Waals surface area contributed by atoms with E-state index in [-0.39, 0.29) is 0 Å². The molecule has 3 N–H and O–H groups in total. The molecule has 3 aliphatic rings.